The first kappa shape index (κ1) is 12.2. The number of benzene rings is 2. The van der Waals surface area contributed by atoms with Crippen molar-refractivity contribution in [3.63, 3.8) is 0 Å². The maximum absolute atomic E-state index is 10.3. The topological polar surface area (TPSA) is 20.2 Å². The van der Waals surface area contributed by atoms with Crippen molar-refractivity contribution in [2.45, 2.75) is 19.4 Å². The van der Waals surface area contributed by atoms with Gasteiger partial charge in [-0.2, -0.15) is 0 Å². The largest absolute Gasteiger partial charge is 0.384 e. The Morgan fingerprint density at radius 1 is 1.06 bits per heavy atom. The van der Waals surface area contributed by atoms with E-state index in [2.05, 4.69) is 6.92 Å². The van der Waals surface area contributed by atoms with Crippen molar-refractivity contribution >= 4 is 11.6 Å². The van der Waals surface area contributed by atoms with Crippen molar-refractivity contribution in [1.29, 1.82) is 0 Å². The van der Waals surface area contributed by atoms with Gasteiger partial charge in [-0.25, -0.2) is 0 Å². The molecule has 1 nitrogen and oxygen atoms in total. The fraction of sp³-hybridized carbons (Fsp3) is 0.200. The molecule has 1 atom stereocenters. The molecule has 0 bridgehead atoms. The van der Waals surface area contributed by atoms with Crippen LogP contribution in [0.3, 0.4) is 0 Å². The zero-order valence-electron chi connectivity index (χ0n) is 9.73. The number of aliphatic hydroxyl groups is 1. The predicted molar refractivity (Wildman–Crippen MR) is 71.3 cm³/mol. The second kappa shape index (κ2) is 5.35. The number of hydrogen-bond acceptors (Lipinski definition) is 1. The summed E-state index contributed by atoms with van der Waals surface area (Å²) in [4.78, 5) is 0. The monoisotopic (exact) mass is 246 g/mol. The van der Waals surface area contributed by atoms with E-state index in [0.29, 0.717) is 5.02 Å². The first-order valence-electron chi connectivity index (χ1n) is 5.73. The summed E-state index contributed by atoms with van der Waals surface area (Å²) in [5.41, 5.74) is 2.88. The molecule has 2 aromatic rings. The Hall–Kier alpha value is -1.31. The summed E-state index contributed by atoms with van der Waals surface area (Å²) < 4.78 is 0. The summed E-state index contributed by atoms with van der Waals surface area (Å²) >= 11 is 6.07. The number of halogens is 1. The van der Waals surface area contributed by atoms with Gasteiger partial charge in [-0.05, 0) is 23.6 Å². The Labute approximate surface area is 107 Å². The van der Waals surface area contributed by atoms with Crippen LogP contribution in [0.25, 0.3) is 0 Å². The average molecular weight is 247 g/mol. The van der Waals surface area contributed by atoms with Crippen LogP contribution in [0.5, 0.6) is 0 Å². The van der Waals surface area contributed by atoms with Crippen LogP contribution in [0.4, 0.5) is 0 Å². The normalized spacial score (nSPS) is 12.4. The summed E-state index contributed by atoms with van der Waals surface area (Å²) in [7, 11) is 0. The maximum atomic E-state index is 10.3. The van der Waals surface area contributed by atoms with Gasteiger partial charge in [-0.1, -0.05) is 61.0 Å². The second-order valence-corrected chi connectivity index (χ2v) is 4.43. The fourth-order valence-electron chi connectivity index (χ4n) is 1.81. The van der Waals surface area contributed by atoms with Crippen LogP contribution in [0.15, 0.2) is 48.5 Å². The zero-order valence-corrected chi connectivity index (χ0v) is 10.5. The van der Waals surface area contributed by atoms with Crippen LogP contribution in [0.1, 0.15) is 29.7 Å². The van der Waals surface area contributed by atoms with Gasteiger partial charge in [0.15, 0.2) is 0 Å². The van der Waals surface area contributed by atoms with Crippen molar-refractivity contribution in [1.82, 2.24) is 0 Å². The maximum Gasteiger partial charge on any atom is 0.105 e. The van der Waals surface area contributed by atoms with Gasteiger partial charge in [0.1, 0.15) is 6.10 Å². The highest BCUT2D eigenvalue weighted by atomic mass is 35.5. The molecule has 88 valence electrons. The molecule has 0 aromatic heterocycles. The molecule has 1 N–H and O–H groups in total. The molecular formula is C15H15ClO. The molecule has 0 spiro atoms. The van der Waals surface area contributed by atoms with E-state index < -0.39 is 6.10 Å². The Balaban J connectivity index is 2.30. The van der Waals surface area contributed by atoms with Crippen LogP contribution in [-0.2, 0) is 6.42 Å². The molecule has 0 amide bonds. The van der Waals surface area contributed by atoms with Crippen LogP contribution in [0, 0.1) is 0 Å². The quantitative estimate of drug-likeness (QED) is 0.869. The third-order valence-corrected chi connectivity index (χ3v) is 3.25. The lowest BCUT2D eigenvalue weighted by molar-refractivity contribution is 0.220. The Morgan fingerprint density at radius 2 is 1.71 bits per heavy atom. The first-order chi connectivity index (χ1) is 8.22. The van der Waals surface area contributed by atoms with Gasteiger partial charge in [-0.15, -0.1) is 0 Å². The molecule has 0 unspecified atom stereocenters. The highest BCUT2D eigenvalue weighted by Crippen LogP contribution is 2.28. The Bertz CT molecular complexity index is 491. The number of aryl methyl sites for hydroxylation is 1. The molecule has 2 rings (SSSR count). The van der Waals surface area contributed by atoms with Crippen LogP contribution >= 0.6 is 11.6 Å². The average Bonchev–Trinajstić information content (AvgIpc) is 2.39. The smallest absolute Gasteiger partial charge is 0.105 e. The number of rotatable bonds is 3. The van der Waals surface area contributed by atoms with E-state index >= 15 is 0 Å². The molecule has 0 fully saturated rings. The molecule has 0 aliphatic carbocycles. The molecule has 2 heteroatoms. The standard InChI is InChI=1S/C15H15ClO/c1-2-11-7-9-12(10-8-11)15(17)13-5-3-4-6-14(13)16/h3-10,15,17H,2H2,1H3/t15-/m0/s1. The molecule has 0 saturated heterocycles. The summed E-state index contributed by atoms with van der Waals surface area (Å²) in [5.74, 6) is 0. The van der Waals surface area contributed by atoms with Crippen molar-refractivity contribution in [3.05, 3.63) is 70.2 Å². The minimum Gasteiger partial charge on any atom is -0.384 e. The number of hydrogen-bond donors (Lipinski definition) is 1. The summed E-state index contributed by atoms with van der Waals surface area (Å²) in [6.07, 6.45) is 0.345. The van der Waals surface area contributed by atoms with E-state index in [-0.39, 0.29) is 0 Å². The van der Waals surface area contributed by atoms with E-state index in [9.17, 15) is 5.11 Å². The molecule has 0 heterocycles. The highest BCUT2D eigenvalue weighted by Gasteiger charge is 2.12. The molecule has 2 aromatic carbocycles. The van der Waals surface area contributed by atoms with Gasteiger partial charge in [0.05, 0.1) is 0 Å². The van der Waals surface area contributed by atoms with Gasteiger partial charge >= 0.3 is 0 Å². The van der Waals surface area contributed by atoms with E-state index in [0.717, 1.165) is 17.5 Å². The second-order valence-electron chi connectivity index (χ2n) is 4.02. The first-order valence-corrected chi connectivity index (χ1v) is 6.11. The van der Waals surface area contributed by atoms with Crippen LogP contribution in [-0.4, -0.2) is 5.11 Å². The highest BCUT2D eigenvalue weighted by molar-refractivity contribution is 6.31. The SMILES string of the molecule is CCc1ccc([C@H](O)c2ccccc2Cl)cc1. The van der Waals surface area contributed by atoms with Gasteiger partial charge in [0.25, 0.3) is 0 Å². The Kier molecular flexibility index (Phi) is 3.82. The summed E-state index contributed by atoms with van der Waals surface area (Å²) in [6.45, 7) is 2.11. The molecule has 0 aliphatic rings. The Morgan fingerprint density at radius 3 is 2.29 bits per heavy atom. The van der Waals surface area contributed by atoms with Crippen LogP contribution in [0.2, 0.25) is 5.02 Å². The molecular weight excluding hydrogens is 232 g/mol. The van der Waals surface area contributed by atoms with Gasteiger partial charge in [0, 0.05) is 10.6 Å². The van der Waals surface area contributed by atoms with E-state index in [1.807, 2.05) is 42.5 Å². The van der Waals surface area contributed by atoms with Crippen molar-refractivity contribution in [2.24, 2.45) is 0 Å². The van der Waals surface area contributed by atoms with Crippen LogP contribution < -0.4 is 0 Å². The fourth-order valence-corrected chi connectivity index (χ4v) is 2.05. The lowest BCUT2D eigenvalue weighted by Gasteiger charge is -2.13. The number of aliphatic hydroxyl groups excluding tert-OH is 1. The van der Waals surface area contributed by atoms with E-state index in [4.69, 9.17) is 11.6 Å². The summed E-state index contributed by atoms with van der Waals surface area (Å²) in [5, 5.41) is 10.8. The minimum absolute atomic E-state index is 0.597. The van der Waals surface area contributed by atoms with Crippen molar-refractivity contribution in [2.75, 3.05) is 0 Å². The molecule has 0 radical (unpaired) electrons. The molecule has 17 heavy (non-hydrogen) atoms. The molecule has 0 saturated carbocycles. The predicted octanol–water partition coefficient (Wildman–Crippen LogP) is 3.98. The zero-order chi connectivity index (χ0) is 12.3. The van der Waals surface area contributed by atoms with Gasteiger partial charge in [-0.3, -0.25) is 0 Å². The van der Waals surface area contributed by atoms with E-state index in [1.54, 1.807) is 6.07 Å². The third-order valence-electron chi connectivity index (χ3n) is 2.90. The lowest BCUT2D eigenvalue weighted by atomic mass is 10.00. The van der Waals surface area contributed by atoms with E-state index in [1.165, 1.54) is 5.56 Å². The molecule has 0 aliphatic heterocycles. The van der Waals surface area contributed by atoms with Crippen molar-refractivity contribution in [3.8, 4) is 0 Å². The summed E-state index contributed by atoms with van der Waals surface area (Å²) in [6, 6.07) is 15.4. The van der Waals surface area contributed by atoms with Gasteiger partial charge in [0.2, 0.25) is 0 Å². The lowest BCUT2D eigenvalue weighted by Crippen LogP contribution is -2.00. The van der Waals surface area contributed by atoms with Gasteiger partial charge < -0.3 is 5.11 Å². The van der Waals surface area contributed by atoms with Crippen molar-refractivity contribution < 1.29 is 5.11 Å². The third kappa shape index (κ3) is 2.68. The minimum atomic E-state index is -0.658.